The lowest BCUT2D eigenvalue weighted by Crippen LogP contribution is -2.11. The molecule has 1 aromatic heterocycles. The van der Waals surface area contributed by atoms with Gasteiger partial charge in [-0.1, -0.05) is 72.5 Å². The van der Waals surface area contributed by atoms with Gasteiger partial charge in [0.2, 0.25) is 0 Å². The highest BCUT2D eigenvalue weighted by molar-refractivity contribution is 6.25. The van der Waals surface area contributed by atoms with Crippen molar-refractivity contribution in [1.29, 1.82) is 0 Å². The third-order valence-corrected chi connectivity index (χ3v) is 5.78. The van der Waals surface area contributed by atoms with Gasteiger partial charge in [0.1, 0.15) is 5.56 Å². The number of benzene rings is 4. The largest absolute Gasteiger partial charge is 0.371 e. The highest BCUT2D eigenvalue weighted by atomic mass is 16.3. The zero-order chi connectivity index (χ0) is 21.5. The quantitative estimate of drug-likeness (QED) is 0.216. The van der Waals surface area contributed by atoms with Gasteiger partial charge in [-0.3, -0.25) is 4.79 Å². The summed E-state index contributed by atoms with van der Waals surface area (Å²) in [5, 5.41) is 1.83. The lowest BCUT2D eigenvalue weighted by atomic mass is 9.84. The molecule has 2 heteroatoms. The summed E-state index contributed by atoms with van der Waals surface area (Å²) in [5.74, 6) is 7.97. The molecule has 4 aromatic carbocycles. The molecular weight excluding hydrogens is 392 g/mol. The van der Waals surface area contributed by atoms with E-state index in [1.54, 1.807) is 0 Å². The number of fused-ring (bicyclic) bond motifs is 2. The molecule has 32 heavy (non-hydrogen) atoms. The van der Waals surface area contributed by atoms with Gasteiger partial charge in [-0.15, -0.1) is 0 Å². The lowest BCUT2D eigenvalue weighted by molar-refractivity contribution is 0.103. The van der Waals surface area contributed by atoms with Crippen molar-refractivity contribution in [2.45, 2.75) is 0 Å². The van der Waals surface area contributed by atoms with Crippen LogP contribution in [0.25, 0.3) is 33.4 Å². The van der Waals surface area contributed by atoms with E-state index in [4.69, 9.17) is 4.42 Å². The molecule has 0 aliphatic heterocycles. The Labute approximate surface area is 185 Å². The second-order valence-electron chi connectivity index (χ2n) is 7.75. The molecular formula is C30H17O2+. The van der Waals surface area contributed by atoms with Gasteiger partial charge in [-0.25, -0.2) is 4.42 Å². The molecule has 0 amide bonds. The summed E-state index contributed by atoms with van der Waals surface area (Å²) in [5.41, 5.74) is 4.75. The molecule has 0 fully saturated rings. The van der Waals surface area contributed by atoms with E-state index in [1.807, 2.05) is 103 Å². The predicted octanol–water partition coefficient (Wildman–Crippen LogP) is 6.99. The molecule has 1 aliphatic carbocycles. The normalized spacial score (nSPS) is 11.6. The van der Waals surface area contributed by atoms with Crippen LogP contribution in [0.15, 0.2) is 108 Å². The number of hydrogen-bond acceptors (Lipinski definition) is 1. The molecule has 5 aromatic rings. The molecule has 0 bridgehead atoms. The Morgan fingerprint density at radius 3 is 2.19 bits per heavy atom. The van der Waals surface area contributed by atoms with Gasteiger partial charge in [0, 0.05) is 27.6 Å². The first-order valence-corrected chi connectivity index (χ1v) is 10.5. The van der Waals surface area contributed by atoms with Crippen LogP contribution in [0.1, 0.15) is 27.0 Å². The third kappa shape index (κ3) is 2.92. The third-order valence-electron chi connectivity index (χ3n) is 5.78. The Morgan fingerprint density at radius 2 is 1.38 bits per heavy atom. The van der Waals surface area contributed by atoms with Crippen molar-refractivity contribution in [2.24, 2.45) is 0 Å². The van der Waals surface area contributed by atoms with E-state index < -0.39 is 0 Å². The fourth-order valence-electron chi connectivity index (χ4n) is 4.28. The van der Waals surface area contributed by atoms with Crippen molar-refractivity contribution in [3.05, 3.63) is 125 Å². The maximum absolute atomic E-state index is 13.4. The smallest absolute Gasteiger partial charge is 0.289 e. The minimum Gasteiger partial charge on any atom is -0.289 e. The second kappa shape index (κ2) is 7.34. The van der Waals surface area contributed by atoms with E-state index in [2.05, 4.69) is 11.8 Å². The van der Waals surface area contributed by atoms with E-state index in [9.17, 15) is 4.79 Å². The van der Waals surface area contributed by atoms with E-state index in [1.165, 1.54) is 0 Å². The highest BCUT2D eigenvalue weighted by Crippen LogP contribution is 2.43. The zero-order valence-corrected chi connectivity index (χ0v) is 17.1. The maximum atomic E-state index is 13.4. The van der Waals surface area contributed by atoms with Gasteiger partial charge in [0.15, 0.2) is 5.78 Å². The minimum absolute atomic E-state index is 0.00382. The molecule has 6 rings (SSSR count). The van der Waals surface area contributed by atoms with Gasteiger partial charge >= 0.3 is 11.5 Å². The van der Waals surface area contributed by atoms with Crippen molar-refractivity contribution in [3.63, 3.8) is 0 Å². The molecule has 0 N–H and O–H groups in total. The standard InChI is InChI=1S/C30H17O2/c31-29-24-15-7-13-22(18-17-20-9-3-1-4-10-20)27(24)30-28-23(14-8-16-25(28)29)19-26(32-30)21-11-5-2-6-12-21/h1-16,19H/q+1. The van der Waals surface area contributed by atoms with Crippen molar-refractivity contribution in [3.8, 4) is 34.5 Å². The van der Waals surface area contributed by atoms with Crippen LogP contribution in [0.4, 0.5) is 0 Å². The van der Waals surface area contributed by atoms with Crippen LogP contribution in [-0.4, -0.2) is 5.78 Å². The second-order valence-corrected chi connectivity index (χ2v) is 7.75. The van der Waals surface area contributed by atoms with Crippen LogP contribution >= 0.6 is 0 Å². The lowest BCUT2D eigenvalue weighted by Gasteiger charge is -2.15. The average Bonchev–Trinajstić information content (AvgIpc) is 2.86. The Hall–Kier alpha value is -4.48. The molecule has 0 radical (unpaired) electrons. The summed E-state index contributed by atoms with van der Waals surface area (Å²) in [6.07, 6.45) is 0. The summed E-state index contributed by atoms with van der Waals surface area (Å²) >= 11 is 0. The van der Waals surface area contributed by atoms with Crippen LogP contribution in [0.5, 0.6) is 0 Å². The summed E-state index contributed by atoms with van der Waals surface area (Å²) in [6, 6.07) is 33.4. The van der Waals surface area contributed by atoms with Gasteiger partial charge < -0.3 is 0 Å². The van der Waals surface area contributed by atoms with Crippen molar-refractivity contribution >= 4 is 16.6 Å². The molecule has 2 nitrogen and oxygen atoms in total. The van der Waals surface area contributed by atoms with E-state index in [0.717, 1.165) is 38.8 Å². The number of rotatable bonds is 1. The van der Waals surface area contributed by atoms with Crippen molar-refractivity contribution in [1.82, 2.24) is 0 Å². The molecule has 0 spiro atoms. The minimum atomic E-state index is 0.00382. The first-order chi connectivity index (χ1) is 15.8. The van der Waals surface area contributed by atoms with Crippen molar-refractivity contribution in [2.75, 3.05) is 0 Å². The van der Waals surface area contributed by atoms with Crippen LogP contribution < -0.4 is 0 Å². The van der Waals surface area contributed by atoms with Crippen LogP contribution in [0.2, 0.25) is 0 Å². The number of hydrogen-bond donors (Lipinski definition) is 0. The number of carbonyl (C=O) groups excluding carboxylic acids is 1. The summed E-state index contributed by atoms with van der Waals surface area (Å²) in [7, 11) is 0. The molecule has 0 unspecified atom stereocenters. The van der Waals surface area contributed by atoms with E-state index in [-0.39, 0.29) is 5.78 Å². The predicted molar refractivity (Wildman–Crippen MR) is 127 cm³/mol. The fourth-order valence-corrected chi connectivity index (χ4v) is 4.28. The Balaban J connectivity index is 1.66. The number of carbonyl (C=O) groups is 1. The fraction of sp³-hybridized carbons (Fsp3) is 0. The molecule has 148 valence electrons. The maximum Gasteiger partial charge on any atom is 0.371 e. The first kappa shape index (κ1) is 18.3. The van der Waals surface area contributed by atoms with Crippen molar-refractivity contribution < 1.29 is 9.21 Å². The van der Waals surface area contributed by atoms with Crippen LogP contribution in [0, 0.1) is 11.8 Å². The van der Waals surface area contributed by atoms with Gasteiger partial charge in [-0.2, -0.15) is 0 Å². The molecule has 0 saturated heterocycles. The van der Waals surface area contributed by atoms with E-state index >= 15 is 0 Å². The van der Waals surface area contributed by atoms with Crippen LogP contribution in [-0.2, 0) is 0 Å². The summed E-state index contributed by atoms with van der Waals surface area (Å²) in [6.45, 7) is 0. The SMILES string of the molecule is O=C1c2cccc(C#Cc3ccccc3)c2-c2[o+]c(-c3ccccc3)cc3cccc1c23. The Bertz CT molecular complexity index is 1570. The van der Waals surface area contributed by atoms with Gasteiger partial charge in [-0.05, 0) is 36.4 Å². The van der Waals surface area contributed by atoms with Gasteiger partial charge in [0.05, 0.1) is 17.0 Å². The molecule has 1 aliphatic rings. The Morgan fingerprint density at radius 1 is 0.656 bits per heavy atom. The first-order valence-electron chi connectivity index (χ1n) is 10.5. The average molecular weight is 409 g/mol. The molecule has 0 atom stereocenters. The summed E-state index contributed by atoms with van der Waals surface area (Å²) in [4.78, 5) is 13.4. The molecule has 1 heterocycles. The van der Waals surface area contributed by atoms with E-state index in [0.29, 0.717) is 16.9 Å². The zero-order valence-electron chi connectivity index (χ0n) is 17.1. The van der Waals surface area contributed by atoms with Crippen LogP contribution in [0.3, 0.4) is 0 Å². The topological polar surface area (TPSA) is 28.4 Å². The highest BCUT2D eigenvalue weighted by Gasteiger charge is 2.36. The number of ketones is 1. The van der Waals surface area contributed by atoms with Gasteiger partial charge in [0.25, 0.3) is 0 Å². The Kier molecular flexibility index (Phi) is 4.20. The summed E-state index contributed by atoms with van der Waals surface area (Å²) < 4.78 is 6.51. The monoisotopic (exact) mass is 409 g/mol. The molecule has 0 saturated carbocycles.